The first-order valence-electron chi connectivity index (χ1n) is 28.6. The molecular weight excluding hydrogens is 920 g/mol. The molecule has 0 saturated carbocycles. The van der Waals surface area contributed by atoms with Crippen LogP contribution in [0.1, 0.15) is 132 Å². The highest BCUT2D eigenvalue weighted by molar-refractivity contribution is 6.75. The molecule has 3 fully saturated rings. The Balaban J connectivity index is 0.000000986. The van der Waals surface area contributed by atoms with Gasteiger partial charge in [-0.1, -0.05) is 194 Å². The van der Waals surface area contributed by atoms with Crippen LogP contribution in [0.5, 0.6) is 0 Å². The Hall–Kier alpha value is 1.93. The third kappa shape index (κ3) is 27.9. The van der Waals surface area contributed by atoms with Crippen LogP contribution in [-0.2, 0) is 13.3 Å². The Morgan fingerprint density at radius 2 is 0.716 bits per heavy atom. The van der Waals surface area contributed by atoms with Crippen molar-refractivity contribution in [1.82, 2.24) is 23.2 Å². The molecule has 0 radical (unpaired) electrons. The summed E-state index contributed by atoms with van der Waals surface area (Å²) < 4.78 is 30.3. The molecule has 3 atom stereocenters. The van der Waals surface area contributed by atoms with Crippen LogP contribution in [0.3, 0.4) is 0 Å². The summed E-state index contributed by atoms with van der Waals surface area (Å²) in [7, 11) is 3.67. The Morgan fingerprint density at radius 3 is 0.955 bits per heavy atom. The Morgan fingerprint density at radius 1 is 0.463 bits per heavy atom. The van der Waals surface area contributed by atoms with Gasteiger partial charge in [0, 0.05) is 25.7 Å². The maximum Gasteiger partial charge on any atom is 0.500 e. The first-order chi connectivity index (χ1) is 31.0. The first-order valence-corrected chi connectivity index (χ1v) is 43.1. The molecule has 3 heterocycles. The molecule has 0 spiro atoms. The van der Waals surface area contributed by atoms with Gasteiger partial charge in [0.15, 0.2) is 0 Å². The van der Waals surface area contributed by atoms with Gasteiger partial charge in [0.2, 0.25) is 16.8 Å². The van der Waals surface area contributed by atoms with Gasteiger partial charge in [-0.25, -0.2) is 0 Å². The molecule has 8 nitrogen and oxygen atoms in total. The molecular formula is C53H122Al3N5O3Si3. The number of fused-ring (bicyclic) bond motifs is 6. The lowest BCUT2D eigenvalue weighted by atomic mass is 10.2. The largest absolute Gasteiger partial charge is 0.500 e. The maximum atomic E-state index is 6.53. The summed E-state index contributed by atoms with van der Waals surface area (Å²) in [5.74, 6) is 5.17. The van der Waals surface area contributed by atoms with Crippen LogP contribution in [-0.4, -0.2) is 184 Å². The van der Waals surface area contributed by atoms with Gasteiger partial charge in [0.1, 0.15) is 0 Å². The number of hydrogen-bond donors (Lipinski definition) is 0. The zero-order valence-corrected chi connectivity index (χ0v) is 56.8. The fourth-order valence-corrected chi connectivity index (χ4v) is 40.8. The summed E-state index contributed by atoms with van der Waals surface area (Å²) in [5.41, 5.74) is 0. The molecule has 0 aromatic heterocycles. The van der Waals surface area contributed by atoms with E-state index < -0.39 is 68.0 Å². The smallest absolute Gasteiger partial charge is 0.369 e. The standard InChI is InChI=1S/C11H27N2Si.C11H22NO3Si.C7H19N2Si.6C4H9.3Al/c1-7-12(8-2)14(6,11-5)13(9-3)10-4;1-5-16-13-9(2)6-12(7-10(3)14-16)8-11(4)15-16;1-7-10(6,8(2)3)9(4)5;6*1-4(2)3;;;/h5,7-11H2,1-4,6H3;9-11H,1,5-8H2,2-4H3;1,7H2,2-6H3;6*4H,1H2,2-3H3;;;. The van der Waals surface area contributed by atoms with Crippen molar-refractivity contribution in [2.75, 3.05) is 74.0 Å². The predicted molar refractivity (Wildman–Crippen MR) is 314 cm³/mol. The zero-order chi connectivity index (χ0) is 51.9. The average molecular weight is 1040 g/mol. The zero-order valence-electron chi connectivity index (χ0n) is 50.3. The fourth-order valence-electron chi connectivity index (χ4n) is 12.1. The van der Waals surface area contributed by atoms with Crippen molar-refractivity contribution >= 4 is 68.0 Å². The molecule has 3 unspecified atom stereocenters. The van der Waals surface area contributed by atoms with E-state index in [0.29, 0.717) is 0 Å². The Labute approximate surface area is 439 Å². The predicted octanol–water partition coefficient (Wildman–Crippen LogP) is 13.8. The van der Waals surface area contributed by atoms with E-state index in [1.165, 1.54) is 70.0 Å². The molecule has 0 amide bonds. The van der Waals surface area contributed by atoms with E-state index in [9.17, 15) is 0 Å². The average Bonchev–Trinajstić information content (AvgIpc) is 3.16. The Bertz CT molecular complexity index is 1150. The highest BCUT2D eigenvalue weighted by Gasteiger charge is 2.49. The lowest BCUT2D eigenvalue weighted by Gasteiger charge is -2.46. The number of hydrogen-bond acceptors (Lipinski definition) is 8. The van der Waals surface area contributed by atoms with Crippen LogP contribution in [0.4, 0.5) is 0 Å². The molecule has 14 heteroatoms. The van der Waals surface area contributed by atoms with E-state index in [0.717, 1.165) is 61.2 Å². The molecule has 0 N–H and O–H groups in total. The minimum absolute atomic E-state index is 0.210. The van der Waals surface area contributed by atoms with Gasteiger partial charge in [0.25, 0.3) is 42.4 Å². The van der Waals surface area contributed by atoms with Gasteiger partial charge in [0.05, 0.1) is 18.3 Å². The quantitative estimate of drug-likeness (QED) is 0.0687. The molecule has 0 aliphatic carbocycles. The molecule has 398 valence electrons. The minimum Gasteiger partial charge on any atom is -0.369 e. The lowest BCUT2D eigenvalue weighted by Crippen LogP contribution is -2.63. The van der Waals surface area contributed by atoms with Crippen LogP contribution in [0, 0.1) is 35.5 Å². The van der Waals surface area contributed by atoms with E-state index in [2.05, 4.69) is 196 Å². The summed E-state index contributed by atoms with van der Waals surface area (Å²) >= 11 is -1.92. The Kier molecular flexibility index (Phi) is 36.2. The summed E-state index contributed by atoms with van der Waals surface area (Å²) in [6.07, 6.45) is 0.631. The fraction of sp³-hybridized carbons (Fsp3) is 1.00. The lowest BCUT2D eigenvalue weighted by molar-refractivity contribution is -0.0783. The SMILES string of the molecule is CC(C)[CH2][Al]([CH2]C[Si](C)(N(C)C)N(C)C)[CH2]C(C)C.CC(C)[CH2][Al]([CH2]C[Si]12OC(C)CN(CC(C)O1)CC(C)O2)[CH2]C(C)C.CCN(CC)[Si](C)(C[CH2][Al]([CH2]C(C)C)[CH2]C(C)C)N(CC)CC. The van der Waals surface area contributed by atoms with Crippen LogP contribution in [0.15, 0.2) is 0 Å². The summed E-state index contributed by atoms with van der Waals surface area (Å²) in [5, 5.41) is 13.4. The van der Waals surface area contributed by atoms with Crippen molar-refractivity contribution in [3.63, 3.8) is 0 Å². The van der Waals surface area contributed by atoms with Crippen LogP contribution >= 0.6 is 0 Å². The summed E-state index contributed by atoms with van der Waals surface area (Å²) in [6, 6.07) is 3.97. The van der Waals surface area contributed by atoms with Crippen molar-refractivity contribution in [2.45, 2.75) is 229 Å². The molecule has 3 saturated heterocycles. The van der Waals surface area contributed by atoms with Crippen LogP contribution in [0.2, 0.25) is 78.8 Å². The van der Waals surface area contributed by atoms with Crippen molar-refractivity contribution < 1.29 is 13.3 Å². The third-order valence-electron chi connectivity index (χ3n) is 15.2. The molecule has 67 heavy (non-hydrogen) atoms. The van der Waals surface area contributed by atoms with E-state index in [4.69, 9.17) is 13.3 Å². The normalized spacial score (nSPS) is 21.7. The second-order valence-electron chi connectivity index (χ2n) is 25.2. The van der Waals surface area contributed by atoms with Gasteiger partial charge in [-0.3, -0.25) is 4.90 Å². The first kappa shape index (κ1) is 68.9. The van der Waals surface area contributed by atoms with E-state index in [-0.39, 0.29) is 18.3 Å². The van der Waals surface area contributed by atoms with Gasteiger partial charge in [-0.05, 0) is 100 Å². The summed E-state index contributed by atoms with van der Waals surface area (Å²) in [4.78, 5) is 2.44. The van der Waals surface area contributed by atoms with Crippen molar-refractivity contribution in [1.29, 1.82) is 0 Å². The number of rotatable bonds is 29. The molecule has 3 aliphatic rings. The van der Waals surface area contributed by atoms with Crippen LogP contribution < -0.4 is 0 Å². The van der Waals surface area contributed by atoms with E-state index in [1.807, 2.05) is 0 Å². The van der Waals surface area contributed by atoms with Crippen molar-refractivity contribution in [2.24, 2.45) is 35.5 Å². The highest BCUT2D eigenvalue weighted by atomic mass is 28.4. The van der Waals surface area contributed by atoms with E-state index >= 15 is 0 Å². The topological polar surface area (TPSA) is 43.9 Å². The minimum atomic E-state index is -2.57. The van der Waals surface area contributed by atoms with Crippen molar-refractivity contribution in [3.05, 3.63) is 0 Å². The monoisotopic (exact) mass is 1040 g/mol. The molecule has 2 bridgehead atoms. The molecule has 0 aromatic rings. The van der Waals surface area contributed by atoms with Crippen molar-refractivity contribution in [3.8, 4) is 0 Å². The number of nitrogens with zero attached hydrogens (tertiary/aromatic N) is 5. The second kappa shape index (κ2) is 35.2. The summed E-state index contributed by atoms with van der Waals surface area (Å²) in [6.45, 7) is 57.8. The van der Waals surface area contributed by atoms with Gasteiger partial charge < -0.3 is 31.5 Å². The van der Waals surface area contributed by atoms with Gasteiger partial charge >= 0.3 is 8.80 Å². The van der Waals surface area contributed by atoms with E-state index in [1.54, 1.807) is 15.8 Å². The maximum absolute atomic E-state index is 6.53. The van der Waals surface area contributed by atoms with Gasteiger partial charge in [-0.15, -0.1) is 0 Å². The highest BCUT2D eigenvalue weighted by Crippen LogP contribution is 2.32. The molecule has 0 aromatic carbocycles. The third-order valence-corrected chi connectivity index (χ3v) is 43.4. The second-order valence-corrected chi connectivity index (χ2v) is 46.5. The van der Waals surface area contributed by atoms with Gasteiger partial charge in [-0.2, -0.15) is 0 Å². The molecule has 3 rings (SSSR count). The molecule has 3 aliphatic heterocycles. The van der Waals surface area contributed by atoms with Crippen LogP contribution in [0.25, 0.3) is 0 Å².